The Bertz CT molecular complexity index is 256. The van der Waals surface area contributed by atoms with Gasteiger partial charge in [0.2, 0.25) is 0 Å². The summed E-state index contributed by atoms with van der Waals surface area (Å²) >= 11 is 0. The summed E-state index contributed by atoms with van der Waals surface area (Å²) in [4.78, 5) is 0. The minimum atomic E-state index is -0.445. The fourth-order valence-corrected chi connectivity index (χ4v) is 2.27. The first-order valence-corrected chi connectivity index (χ1v) is 7.39. The number of methoxy groups -OCH3 is 1. The van der Waals surface area contributed by atoms with Gasteiger partial charge < -0.3 is 19.9 Å². The second-order valence-corrected chi connectivity index (χ2v) is 5.32. The second-order valence-electron chi connectivity index (χ2n) is 5.32. The quantitative estimate of drug-likeness (QED) is 0.470. The Hall–Kier alpha value is -0.420. The zero-order valence-electron chi connectivity index (χ0n) is 12.4. The monoisotopic (exact) mass is 271 g/mol. The van der Waals surface area contributed by atoms with Gasteiger partial charge in [-0.2, -0.15) is 0 Å². The molecule has 0 aliphatic heterocycles. The normalized spacial score (nSPS) is 19.0. The van der Waals surface area contributed by atoms with E-state index in [0.29, 0.717) is 19.8 Å². The van der Waals surface area contributed by atoms with E-state index in [9.17, 15) is 5.11 Å². The highest BCUT2D eigenvalue weighted by molar-refractivity contribution is 5.05. The van der Waals surface area contributed by atoms with Gasteiger partial charge in [0.15, 0.2) is 0 Å². The molecular formula is C15H29NO3. The largest absolute Gasteiger partial charge is 0.389 e. The zero-order chi connectivity index (χ0) is 13.9. The van der Waals surface area contributed by atoms with Crippen LogP contribution in [-0.4, -0.2) is 50.7 Å². The summed E-state index contributed by atoms with van der Waals surface area (Å²) in [5, 5.41) is 13.0. The standard InChI is InChI=1S/C15H29NO3/c1-13(11-18-2)19-12-15(17)10-16-9-8-14-6-4-3-5-7-14/h6,13,15-17H,3-5,7-12H2,1-2H3. The minimum absolute atomic E-state index is 0.0343. The molecule has 0 heterocycles. The summed E-state index contributed by atoms with van der Waals surface area (Å²) in [6, 6.07) is 0. The van der Waals surface area contributed by atoms with Gasteiger partial charge in [0.1, 0.15) is 0 Å². The molecule has 1 aliphatic rings. The third-order valence-electron chi connectivity index (χ3n) is 3.36. The summed E-state index contributed by atoms with van der Waals surface area (Å²) in [5.41, 5.74) is 1.57. The number of aliphatic hydroxyl groups is 1. The van der Waals surface area contributed by atoms with Gasteiger partial charge in [-0.3, -0.25) is 0 Å². The highest BCUT2D eigenvalue weighted by atomic mass is 16.5. The third kappa shape index (κ3) is 8.37. The van der Waals surface area contributed by atoms with E-state index in [1.54, 1.807) is 12.7 Å². The van der Waals surface area contributed by atoms with Gasteiger partial charge in [-0.15, -0.1) is 0 Å². The van der Waals surface area contributed by atoms with Crippen LogP contribution < -0.4 is 5.32 Å². The van der Waals surface area contributed by atoms with Crippen LogP contribution in [0.15, 0.2) is 11.6 Å². The SMILES string of the molecule is COCC(C)OCC(O)CNCCC1=CCCCC1. The molecule has 2 N–H and O–H groups in total. The lowest BCUT2D eigenvalue weighted by Crippen LogP contribution is -2.33. The van der Waals surface area contributed by atoms with Crippen molar-refractivity contribution in [3.05, 3.63) is 11.6 Å². The van der Waals surface area contributed by atoms with Crippen molar-refractivity contribution in [1.82, 2.24) is 5.32 Å². The lowest BCUT2D eigenvalue weighted by molar-refractivity contribution is -0.0310. The van der Waals surface area contributed by atoms with E-state index < -0.39 is 6.10 Å². The van der Waals surface area contributed by atoms with E-state index in [1.165, 1.54) is 25.7 Å². The molecule has 0 saturated heterocycles. The average molecular weight is 271 g/mol. The van der Waals surface area contributed by atoms with Gasteiger partial charge in [-0.05, 0) is 45.6 Å². The number of ether oxygens (including phenoxy) is 2. The Morgan fingerprint density at radius 3 is 2.89 bits per heavy atom. The maximum Gasteiger partial charge on any atom is 0.0897 e. The van der Waals surface area contributed by atoms with Crippen LogP contribution in [0.2, 0.25) is 0 Å². The summed E-state index contributed by atoms with van der Waals surface area (Å²) in [7, 11) is 1.65. The molecule has 1 aliphatic carbocycles. The van der Waals surface area contributed by atoms with Gasteiger partial charge in [0, 0.05) is 13.7 Å². The van der Waals surface area contributed by atoms with Crippen molar-refractivity contribution >= 4 is 0 Å². The second kappa shape index (κ2) is 10.4. The first-order chi connectivity index (χ1) is 9.22. The maximum atomic E-state index is 9.76. The molecule has 1 rings (SSSR count). The van der Waals surface area contributed by atoms with Crippen LogP contribution in [0.5, 0.6) is 0 Å². The van der Waals surface area contributed by atoms with Gasteiger partial charge in [-0.1, -0.05) is 11.6 Å². The number of allylic oxidation sites excluding steroid dienone is 1. The van der Waals surface area contributed by atoms with Gasteiger partial charge in [-0.25, -0.2) is 0 Å². The molecule has 112 valence electrons. The Morgan fingerprint density at radius 1 is 1.37 bits per heavy atom. The Labute approximate surface area is 117 Å². The van der Waals surface area contributed by atoms with Crippen molar-refractivity contribution in [1.29, 1.82) is 0 Å². The van der Waals surface area contributed by atoms with Gasteiger partial charge in [0.05, 0.1) is 25.4 Å². The van der Waals surface area contributed by atoms with E-state index in [1.807, 2.05) is 6.92 Å². The smallest absolute Gasteiger partial charge is 0.0897 e. The molecule has 0 saturated carbocycles. The molecule has 0 amide bonds. The van der Waals surface area contributed by atoms with E-state index >= 15 is 0 Å². The van der Waals surface area contributed by atoms with Crippen molar-refractivity contribution in [3.63, 3.8) is 0 Å². The van der Waals surface area contributed by atoms with Crippen LogP contribution in [-0.2, 0) is 9.47 Å². The molecule has 0 bridgehead atoms. The first-order valence-electron chi connectivity index (χ1n) is 7.39. The molecule has 4 heteroatoms. The predicted octanol–water partition coefficient (Wildman–Crippen LogP) is 1.88. The van der Waals surface area contributed by atoms with E-state index in [0.717, 1.165) is 13.0 Å². The fourth-order valence-electron chi connectivity index (χ4n) is 2.27. The Balaban J connectivity index is 1.97. The molecule has 0 aromatic rings. The highest BCUT2D eigenvalue weighted by Crippen LogP contribution is 2.19. The van der Waals surface area contributed by atoms with Crippen LogP contribution in [0.3, 0.4) is 0 Å². The summed E-state index contributed by atoms with van der Waals surface area (Å²) < 4.78 is 10.4. The van der Waals surface area contributed by atoms with Gasteiger partial charge in [0.25, 0.3) is 0 Å². The number of hydrogen-bond donors (Lipinski definition) is 2. The lowest BCUT2D eigenvalue weighted by atomic mass is 9.97. The van der Waals surface area contributed by atoms with E-state index in [4.69, 9.17) is 9.47 Å². The van der Waals surface area contributed by atoms with Crippen molar-refractivity contribution in [2.75, 3.05) is 33.4 Å². The zero-order valence-corrected chi connectivity index (χ0v) is 12.4. The summed E-state index contributed by atoms with van der Waals surface area (Å²) in [5.74, 6) is 0. The molecule has 19 heavy (non-hydrogen) atoms. The predicted molar refractivity (Wildman–Crippen MR) is 77.3 cm³/mol. The first kappa shape index (κ1) is 16.6. The molecule has 0 radical (unpaired) electrons. The average Bonchev–Trinajstić information content (AvgIpc) is 2.43. The van der Waals surface area contributed by atoms with Crippen molar-refractivity contribution < 1.29 is 14.6 Å². The molecule has 0 aromatic carbocycles. The van der Waals surface area contributed by atoms with E-state index in [2.05, 4.69) is 11.4 Å². The molecule has 2 atom stereocenters. The van der Waals surface area contributed by atoms with Crippen molar-refractivity contribution in [2.45, 2.75) is 51.2 Å². The minimum Gasteiger partial charge on any atom is -0.389 e. The topological polar surface area (TPSA) is 50.7 Å². The van der Waals surface area contributed by atoms with Crippen molar-refractivity contribution in [3.8, 4) is 0 Å². The fraction of sp³-hybridized carbons (Fsp3) is 0.867. The highest BCUT2D eigenvalue weighted by Gasteiger charge is 2.08. The molecule has 0 aromatic heterocycles. The number of aliphatic hydroxyl groups excluding tert-OH is 1. The summed E-state index contributed by atoms with van der Waals surface area (Å²) in [6.07, 6.45) is 8.23. The Kier molecular flexibility index (Phi) is 9.08. The van der Waals surface area contributed by atoms with E-state index in [-0.39, 0.29) is 6.10 Å². The lowest BCUT2D eigenvalue weighted by Gasteiger charge is -2.17. The summed E-state index contributed by atoms with van der Waals surface area (Å²) in [6.45, 7) is 4.40. The van der Waals surface area contributed by atoms with Crippen LogP contribution >= 0.6 is 0 Å². The van der Waals surface area contributed by atoms with Gasteiger partial charge >= 0.3 is 0 Å². The molecule has 2 unspecified atom stereocenters. The molecule has 4 nitrogen and oxygen atoms in total. The third-order valence-corrected chi connectivity index (χ3v) is 3.36. The maximum absolute atomic E-state index is 9.76. The van der Waals surface area contributed by atoms with Crippen LogP contribution in [0.4, 0.5) is 0 Å². The molecule has 0 fully saturated rings. The Morgan fingerprint density at radius 2 is 2.21 bits per heavy atom. The van der Waals surface area contributed by atoms with Crippen LogP contribution in [0, 0.1) is 0 Å². The molecular weight excluding hydrogens is 242 g/mol. The van der Waals surface area contributed by atoms with Crippen LogP contribution in [0.25, 0.3) is 0 Å². The van der Waals surface area contributed by atoms with Crippen LogP contribution in [0.1, 0.15) is 39.0 Å². The number of rotatable bonds is 10. The number of hydrogen-bond acceptors (Lipinski definition) is 4. The number of nitrogens with one attached hydrogen (secondary N) is 1. The van der Waals surface area contributed by atoms with Crippen molar-refractivity contribution in [2.24, 2.45) is 0 Å². The molecule has 0 spiro atoms.